The smallest absolute Gasteiger partial charge is 0.272 e. The average Bonchev–Trinajstić information content (AvgIpc) is 2.59. The number of aliphatic hydroxyl groups is 1. The van der Waals surface area contributed by atoms with Crippen LogP contribution in [0, 0.1) is 13.8 Å². The quantitative estimate of drug-likeness (QED) is 0.334. The van der Waals surface area contributed by atoms with Gasteiger partial charge < -0.3 is 15.2 Å². The SMILES string of the molecule is CCCCOCON(C(C)C)S(=O)(=O)C(O)C(=O)Nc1c(C)cccc1C. The Kier molecular flexibility index (Phi) is 9.34. The van der Waals surface area contributed by atoms with E-state index in [1.807, 2.05) is 13.0 Å². The number of rotatable bonds is 11. The first kappa shape index (κ1) is 23.5. The van der Waals surface area contributed by atoms with Gasteiger partial charge >= 0.3 is 0 Å². The fourth-order valence-corrected chi connectivity index (χ4v) is 3.65. The van der Waals surface area contributed by atoms with Gasteiger partial charge in [0, 0.05) is 18.3 Å². The van der Waals surface area contributed by atoms with Crippen LogP contribution in [0.5, 0.6) is 0 Å². The summed E-state index contributed by atoms with van der Waals surface area (Å²) in [5.41, 5.74) is -0.324. The molecule has 2 N–H and O–H groups in total. The van der Waals surface area contributed by atoms with Crippen molar-refractivity contribution in [2.24, 2.45) is 0 Å². The average molecular weight is 403 g/mol. The lowest BCUT2D eigenvalue weighted by molar-refractivity contribution is -0.187. The number of anilines is 1. The van der Waals surface area contributed by atoms with Crippen LogP contribution in [-0.4, -0.2) is 48.8 Å². The van der Waals surface area contributed by atoms with E-state index in [0.717, 1.165) is 24.0 Å². The Morgan fingerprint density at radius 2 is 1.85 bits per heavy atom. The maximum absolute atomic E-state index is 12.6. The lowest BCUT2D eigenvalue weighted by Crippen LogP contribution is -2.47. The standard InChI is InChI=1S/C18H30N2O6S/c1-6-7-11-25-12-26-20(13(2)3)27(23,24)18(22)17(21)19-16-14(4)9-8-10-15(16)5/h8-10,13,18,22H,6-7,11-12H2,1-5H3,(H,19,21). The fraction of sp³-hybridized carbons (Fsp3) is 0.611. The number of ether oxygens (including phenoxy) is 1. The molecule has 1 amide bonds. The molecule has 0 aliphatic carbocycles. The van der Waals surface area contributed by atoms with Gasteiger partial charge in [0.25, 0.3) is 21.4 Å². The molecule has 1 aromatic carbocycles. The van der Waals surface area contributed by atoms with Crippen LogP contribution in [-0.2, 0) is 24.4 Å². The van der Waals surface area contributed by atoms with Crippen molar-refractivity contribution in [3.63, 3.8) is 0 Å². The molecule has 0 fully saturated rings. The van der Waals surface area contributed by atoms with E-state index in [-0.39, 0.29) is 6.79 Å². The van der Waals surface area contributed by atoms with E-state index < -0.39 is 27.4 Å². The highest BCUT2D eigenvalue weighted by molar-refractivity contribution is 7.90. The second kappa shape index (κ2) is 10.7. The first-order valence-corrected chi connectivity index (χ1v) is 10.4. The van der Waals surface area contributed by atoms with Crippen LogP contribution in [0.1, 0.15) is 44.7 Å². The van der Waals surface area contributed by atoms with Crippen molar-refractivity contribution in [1.29, 1.82) is 0 Å². The summed E-state index contributed by atoms with van der Waals surface area (Å²) in [7, 11) is -4.46. The summed E-state index contributed by atoms with van der Waals surface area (Å²) < 4.78 is 31.1. The van der Waals surface area contributed by atoms with Gasteiger partial charge in [0.2, 0.25) is 0 Å². The number of hydrogen-bond acceptors (Lipinski definition) is 6. The van der Waals surface area contributed by atoms with Gasteiger partial charge in [-0.25, -0.2) is 8.42 Å². The molecule has 0 saturated heterocycles. The Labute approximate surface area is 161 Å². The highest BCUT2D eigenvalue weighted by Crippen LogP contribution is 2.21. The molecule has 1 rings (SSSR count). The number of nitrogens with one attached hydrogen (secondary N) is 1. The third-order valence-corrected chi connectivity index (χ3v) is 5.62. The summed E-state index contributed by atoms with van der Waals surface area (Å²) in [6.07, 6.45) is 1.75. The third kappa shape index (κ3) is 6.54. The molecule has 0 heterocycles. The molecule has 9 heteroatoms. The predicted molar refractivity (Wildman–Crippen MR) is 103 cm³/mol. The highest BCUT2D eigenvalue weighted by Gasteiger charge is 2.39. The van der Waals surface area contributed by atoms with E-state index in [9.17, 15) is 18.3 Å². The van der Waals surface area contributed by atoms with Gasteiger partial charge in [-0.05, 0) is 45.2 Å². The van der Waals surface area contributed by atoms with Crippen LogP contribution in [0.25, 0.3) is 0 Å². The molecule has 0 aliphatic rings. The summed E-state index contributed by atoms with van der Waals surface area (Å²) in [4.78, 5) is 17.5. The molecule has 27 heavy (non-hydrogen) atoms. The molecule has 0 saturated carbocycles. The highest BCUT2D eigenvalue weighted by atomic mass is 32.2. The van der Waals surface area contributed by atoms with E-state index in [1.165, 1.54) is 0 Å². The van der Waals surface area contributed by atoms with E-state index in [4.69, 9.17) is 9.57 Å². The van der Waals surface area contributed by atoms with Gasteiger partial charge in [0.15, 0.2) is 6.79 Å². The largest absolute Gasteiger partial charge is 0.368 e. The zero-order chi connectivity index (χ0) is 20.6. The zero-order valence-electron chi connectivity index (χ0n) is 16.6. The molecular formula is C18H30N2O6S. The van der Waals surface area contributed by atoms with E-state index in [2.05, 4.69) is 5.32 Å². The lowest BCUT2D eigenvalue weighted by Gasteiger charge is -2.26. The zero-order valence-corrected chi connectivity index (χ0v) is 17.4. The number of sulfonamides is 1. The number of amides is 1. The molecule has 0 aliphatic heterocycles. The molecule has 0 bridgehead atoms. The minimum atomic E-state index is -4.46. The lowest BCUT2D eigenvalue weighted by atomic mass is 10.1. The monoisotopic (exact) mass is 402 g/mol. The number of benzene rings is 1. The number of carbonyl (C=O) groups is 1. The van der Waals surface area contributed by atoms with Gasteiger partial charge in [-0.1, -0.05) is 36.0 Å². The third-order valence-electron chi connectivity index (χ3n) is 3.81. The predicted octanol–water partition coefficient (Wildman–Crippen LogP) is 2.31. The fourth-order valence-electron chi connectivity index (χ4n) is 2.34. The Morgan fingerprint density at radius 1 is 1.26 bits per heavy atom. The topological polar surface area (TPSA) is 105 Å². The molecule has 0 spiro atoms. The Balaban J connectivity index is 2.86. The van der Waals surface area contributed by atoms with Crippen molar-refractivity contribution in [2.75, 3.05) is 18.7 Å². The first-order chi connectivity index (χ1) is 12.6. The van der Waals surface area contributed by atoms with Crippen LogP contribution in [0.2, 0.25) is 0 Å². The van der Waals surface area contributed by atoms with Crippen molar-refractivity contribution < 1.29 is 27.9 Å². The van der Waals surface area contributed by atoms with Crippen molar-refractivity contribution in [2.45, 2.75) is 58.9 Å². The van der Waals surface area contributed by atoms with Crippen LogP contribution in [0.3, 0.4) is 0 Å². The number of hydroxylamine groups is 1. The minimum absolute atomic E-state index is 0.289. The maximum Gasteiger partial charge on any atom is 0.272 e. The number of aryl methyl sites for hydroxylation is 2. The molecule has 0 aromatic heterocycles. The Bertz CT molecular complexity index is 700. The number of unbranched alkanes of at least 4 members (excludes halogenated alkanes) is 1. The molecule has 0 radical (unpaired) electrons. The number of aliphatic hydroxyl groups excluding tert-OH is 1. The van der Waals surface area contributed by atoms with E-state index >= 15 is 0 Å². The van der Waals surface area contributed by atoms with Crippen molar-refractivity contribution >= 4 is 21.6 Å². The molecule has 1 unspecified atom stereocenters. The number of hydrogen-bond donors (Lipinski definition) is 2. The van der Waals surface area contributed by atoms with Crippen LogP contribution in [0.15, 0.2) is 18.2 Å². The van der Waals surface area contributed by atoms with Crippen LogP contribution >= 0.6 is 0 Å². The number of para-hydroxylation sites is 1. The Hall–Kier alpha value is -1.52. The van der Waals surface area contributed by atoms with Gasteiger partial charge in [0.05, 0.1) is 0 Å². The van der Waals surface area contributed by atoms with Gasteiger partial charge in [0.1, 0.15) is 0 Å². The minimum Gasteiger partial charge on any atom is -0.368 e. The Morgan fingerprint density at radius 3 is 2.37 bits per heavy atom. The van der Waals surface area contributed by atoms with Crippen LogP contribution in [0.4, 0.5) is 5.69 Å². The van der Waals surface area contributed by atoms with Gasteiger partial charge in [-0.3, -0.25) is 9.63 Å². The molecule has 1 aromatic rings. The molecule has 8 nitrogen and oxygen atoms in total. The molecule has 1 atom stereocenters. The van der Waals surface area contributed by atoms with Crippen molar-refractivity contribution in [1.82, 2.24) is 4.47 Å². The van der Waals surface area contributed by atoms with Gasteiger partial charge in [-0.15, -0.1) is 0 Å². The summed E-state index contributed by atoms with van der Waals surface area (Å²) in [5.74, 6) is -1.05. The molecular weight excluding hydrogens is 372 g/mol. The first-order valence-electron chi connectivity index (χ1n) is 8.92. The normalized spacial score (nSPS) is 13.2. The maximum atomic E-state index is 12.6. The van der Waals surface area contributed by atoms with E-state index in [0.29, 0.717) is 16.8 Å². The summed E-state index contributed by atoms with van der Waals surface area (Å²) in [5, 5.41) is 12.7. The van der Waals surface area contributed by atoms with Gasteiger partial charge in [-0.2, -0.15) is 0 Å². The second-order valence-electron chi connectivity index (χ2n) is 6.51. The summed E-state index contributed by atoms with van der Waals surface area (Å²) >= 11 is 0. The van der Waals surface area contributed by atoms with E-state index in [1.54, 1.807) is 39.8 Å². The number of nitrogens with zero attached hydrogens (tertiary/aromatic N) is 1. The summed E-state index contributed by atoms with van der Waals surface area (Å²) in [6, 6.07) is 4.74. The second-order valence-corrected chi connectivity index (χ2v) is 8.35. The number of carbonyl (C=O) groups excluding carboxylic acids is 1. The van der Waals surface area contributed by atoms with Crippen molar-refractivity contribution in [3.05, 3.63) is 29.3 Å². The summed E-state index contributed by atoms with van der Waals surface area (Å²) in [6.45, 7) is 8.84. The van der Waals surface area contributed by atoms with Crippen LogP contribution < -0.4 is 5.32 Å². The van der Waals surface area contributed by atoms with Crippen molar-refractivity contribution in [3.8, 4) is 0 Å². The molecule has 154 valence electrons.